The molecule has 1 aromatic carbocycles. The van der Waals surface area contributed by atoms with Crippen molar-refractivity contribution in [1.29, 1.82) is 0 Å². The van der Waals surface area contributed by atoms with E-state index >= 15 is 0 Å². The van der Waals surface area contributed by atoms with E-state index in [1.54, 1.807) is 0 Å². The van der Waals surface area contributed by atoms with Crippen molar-refractivity contribution in [2.24, 2.45) is 0 Å². The maximum Gasteiger partial charge on any atom is 0.275 e. The van der Waals surface area contributed by atoms with Crippen molar-refractivity contribution in [3.63, 3.8) is 0 Å². The molecule has 0 spiro atoms. The monoisotopic (exact) mass is 334 g/mol. The summed E-state index contributed by atoms with van der Waals surface area (Å²) in [6, 6.07) is 8.19. The lowest BCUT2D eigenvalue weighted by Gasteiger charge is -2.23. The summed E-state index contributed by atoms with van der Waals surface area (Å²) in [7, 11) is 0. The maximum absolute atomic E-state index is 12.1. The Hall–Kier alpha value is -1.88. The normalized spacial score (nSPS) is 12.5. The zero-order valence-electron chi connectivity index (χ0n) is 15.7. The summed E-state index contributed by atoms with van der Waals surface area (Å²) in [6.07, 6.45) is 0.824. The number of likely N-dealkylation sites (N-methyl/N-ethyl adjacent to an activating group) is 1. The number of rotatable bonds is 8. The van der Waals surface area contributed by atoms with Gasteiger partial charge in [0.2, 0.25) is 0 Å². The summed E-state index contributed by atoms with van der Waals surface area (Å²) < 4.78 is 0. The van der Waals surface area contributed by atoms with Gasteiger partial charge in [-0.25, -0.2) is 0 Å². The van der Waals surface area contributed by atoms with Gasteiger partial charge in [-0.1, -0.05) is 24.3 Å². The highest BCUT2D eigenvalue weighted by atomic mass is 16.2. The standard InChI is InChI=1S/C19H31N3O2/c1-6-22(14-18(24)21-19(3,4)5)13-17(23)20-12-11-16-10-8-7-9-15(16)2/h7-10H,6,11-14H2,1-5H3,(H,20,23)(H,21,24)/p+1. The molecule has 3 N–H and O–H groups in total. The van der Waals surface area contributed by atoms with E-state index in [1.807, 2.05) is 39.8 Å². The van der Waals surface area contributed by atoms with Crippen LogP contribution in [0.2, 0.25) is 0 Å². The van der Waals surface area contributed by atoms with Crippen LogP contribution < -0.4 is 15.5 Å². The largest absolute Gasteiger partial charge is 0.351 e. The van der Waals surface area contributed by atoms with E-state index < -0.39 is 0 Å². The Morgan fingerprint density at radius 2 is 1.71 bits per heavy atom. The minimum atomic E-state index is -0.244. The summed E-state index contributed by atoms with van der Waals surface area (Å²) in [5.41, 5.74) is 2.25. The summed E-state index contributed by atoms with van der Waals surface area (Å²) in [4.78, 5) is 25.0. The van der Waals surface area contributed by atoms with Crippen molar-refractivity contribution in [3.05, 3.63) is 35.4 Å². The summed E-state index contributed by atoms with van der Waals surface area (Å²) in [5, 5.41) is 5.89. The first kappa shape index (κ1) is 20.2. The van der Waals surface area contributed by atoms with Gasteiger partial charge < -0.3 is 15.5 Å². The minimum Gasteiger partial charge on any atom is -0.351 e. The molecule has 1 atom stereocenters. The molecule has 1 unspecified atom stereocenters. The summed E-state index contributed by atoms with van der Waals surface area (Å²) in [6.45, 7) is 11.9. The van der Waals surface area contributed by atoms with Crippen LogP contribution in [0.15, 0.2) is 24.3 Å². The fourth-order valence-electron chi connectivity index (χ4n) is 2.52. The van der Waals surface area contributed by atoms with Crippen LogP contribution in [0.4, 0.5) is 0 Å². The number of carbonyl (C=O) groups is 2. The van der Waals surface area contributed by atoms with Crippen molar-refractivity contribution in [2.45, 2.75) is 46.6 Å². The van der Waals surface area contributed by atoms with Gasteiger partial charge in [-0.3, -0.25) is 9.59 Å². The van der Waals surface area contributed by atoms with E-state index in [0.717, 1.165) is 17.9 Å². The number of hydrogen-bond acceptors (Lipinski definition) is 2. The third-order valence-corrected chi connectivity index (χ3v) is 3.81. The molecule has 0 heterocycles. The number of amides is 2. The zero-order chi connectivity index (χ0) is 18.2. The van der Waals surface area contributed by atoms with Crippen molar-refractivity contribution in [3.8, 4) is 0 Å². The molecule has 0 aliphatic rings. The second kappa shape index (κ2) is 9.42. The van der Waals surface area contributed by atoms with Gasteiger partial charge in [-0.05, 0) is 52.2 Å². The van der Waals surface area contributed by atoms with Crippen LogP contribution in [-0.4, -0.2) is 43.5 Å². The molecule has 0 aliphatic carbocycles. The average molecular weight is 334 g/mol. The molecule has 5 heteroatoms. The Kier molecular flexibility index (Phi) is 7.92. The first-order valence-electron chi connectivity index (χ1n) is 8.67. The molecular weight excluding hydrogens is 302 g/mol. The molecule has 1 rings (SSSR count). The third-order valence-electron chi connectivity index (χ3n) is 3.81. The first-order valence-corrected chi connectivity index (χ1v) is 8.67. The lowest BCUT2D eigenvalue weighted by Crippen LogP contribution is -3.14. The van der Waals surface area contributed by atoms with E-state index in [9.17, 15) is 9.59 Å². The molecule has 0 aliphatic heterocycles. The van der Waals surface area contributed by atoms with Gasteiger partial charge >= 0.3 is 0 Å². The lowest BCUT2D eigenvalue weighted by atomic mass is 10.1. The Morgan fingerprint density at radius 3 is 2.29 bits per heavy atom. The third kappa shape index (κ3) is 8.11. The van der Waals surface area contributed by atoms with Crippen molar-refractivity contribution >= 4 is 11.8 Å². The van der Waals surface area contributed by atoms with Crippen LogP contribution in [-0.2, 0) is 16.0 Å². The topological polar surface area (TPSA) is 62.6 Å². The summed E-state index contributed by atoms with van der Waals surface area (Å²) >= 11 is 0. The number of carbonyl (C=O) groups excluding carboxylic acids is 2. The molecule has 0 aromatic heterocycles. The predicted molar refractivity (Wildman–Crippen MR) is 97.0 cm³/mol. The highest BCUT2D eigenvalue weighted by Gasteiger charge is 2.20. The van der Waals surface area contributed by atoms with Crippen LogP contribution in [0, 0.1) is 6.92 Å². The first-order chi connectivity index (χ1) is 11.2. The van der Waals surface area contributed by atoms with E-state index in [1.165, 1.54) is 11.1 Å². The Balaban J connectivity index is 2.36. The van der Waals surface area contributed by atoms with E-state index in [0.29, 0.717) is 19.6 Å². The van der Waals surface area contributed by atoms with E-state index in [2.05, 4.69) is 29.7 Å². The number of hydrogen-bond donors (Lipinski definition) is 3. The highest BCUT2D eigenvalue weighted by Crippen LogP contribution is 2.06. The van der Waals surface area contributed by atoms with Gasteiger partial charge in [-0.2, -0.15) is 0 Å². The van der Waals surface area contributed by atoms with Crippen LogP contribution in [0.25, 0.3) is 0 Å². The van der Waals surface area contributed by atoms with E-state index in [4.69, 9.17) is 0 Å². The molecule has 1 aromatic rings. The lowest BCUT2D eigenvalue weighted by molar-refractivity contribution is -0.881. The molecule has 5 nitrogen and oxygen atoms in total. The fourth-order valence-corrected chi connectivity index (χ4v) is 2.52. The maximum atomic E-state index is 12.1. The molecule has 2 amide bonds. The molecule has 0 fully saturated rings. The molecule has 0 bridgehead atoms. The second-order valence-electron chi connectivity index (χ2n) is 7.28. The Bertz CT molecular complexity index is 550. The zero-order valence-corrected chi connectivity index (χ0v) is 15.7. The minimum absolute atomic E-state index is 0.0102. The van der Waals surface area contributed by atoms with E-state index in [-0.39, 0.29) is 17.4 Å². The molecule has 0 saturated carbocycles. The van der Waals surface area contributed by atoms with Crippen molar-refractivity contribution < 1.29 is 14.5 Å². The van der Waals surface area contributed by atoms with Gasteiger partial charge in [0.15, 0.2) is 13.1 Å². The molecular formula is C19H32N3O2+. The highest BCUT2D eigenvalue weighted by molar-refractivity contribution is 5.79. The smallest absolute Gasteiger partial charge is 0.275 e. The number of quaternary nitrogens is 1. The van der Waals surface area contributed by atoms with Gasteiger partial charge in [0, 0.05) is 12.1 Å². The van der Waals surface area contributed by atoms with Crippen LogP contribution in [0.1, 0.15) is 38.8 Å². The van der Waals surface area contributed by atoms with Gasteiger partial charge in [0.1, 0.15) is 0 Å². The molecule has 0 saturated heterocycles. The van der Waals surface area contributed by atoms with Crippen molar-refractivity contribution in [1.82, 2.24) is 10.6 Å². The van der Waals surface area contributed by atoms with Gasteiger partial charge in [0.25, 0.3) is 11.8 Å². The quantitative estimate of drug-likeness (QED) is 0.647. The average Bonchev–Trinajstić information content (AvgIpc) is 2.46. The second-order valence-corrected chi connectivity index (χ2v) is 7.28. The van der Waals surface area contributed by atoms with Gasteiger partial charge in [-0.15, -0.1) is 0 Å². The molecule has 24 heavy (non-hydrogen) atoms. The fraction of sp³-hybridized carbons (Fsp3) is 0.579. The predicted octanol–water partition coefficient (Wildman–Crippen LogP) is 0.473. The SMILES string of the molecule is CC[NH+](CC(=O)NCCc1ccccc1C)CC(=O)NC(C)(C)C. The number of aryl methyl sites for hydroxylation is 1. The number of nitrogens with one attached hydrogen (secondary N) is 3. The Morgan fingerprint density at radius 1 is 1.08 bits per heavy atom. The molecule has 0 radical (unpaired) electrons. The van der Waals surface area contributed by atoms with Crippen LogP contribution in [0.3, 0.4) is 0 Å². The molecule has 134 valence electrons. The van der Waals surface area contributed by atoms with Crippen LogP contribution in [0.5, 0.6) is 0 Å². The summed E-state index contributed by atoms with van der Waals surface area (Å²) in [5.74, 6) is -0.0314. The van der Waals surface area contributed by atoms with Crippen LogP contribution >= 0.6 is 0 Å². The van der Waals surface area contributed by atoms with Crippen molar-refractivity contribution in [2.75, 3.05) is 26.2 Å². The number of benzene rings is 1. The Labute approximate surface area is 145 Å². The van der Waals surface area contributed by atoms with Gasteiger partial charge in [0.05, 0.1) is 6.54 Å².